The Kier molecular flexibility index (Phi) is 6.21. The number of benzene rings is 2. The molecule has 2 amide bonds. The zero-order valence-corrected chi connectivity index (χ0v) is 16.5. The lowest BCUT2D eigenvalue weighted by molar-refractivity contribution is -0.120. The van der Waals surface area contributed by atoms with Crippen molar-refractivity contribution in [2.45, 2.75) is 20.3 Å². The van der Waals surface area contributed by atoms with Crippen LogP contribution in [0.5, 0.6) is 0 Å². The highest BCUT2D eigenvalue weighted by Crippen LogP contribution is 2.14. The van der Waals surface area contributed by atoms with Gasteiger partial charge in [0.2, 0.25) is 5.91 Å². The van der Waals surface area contributed by atoms with Crippen LogP contribution >= 0.6 is 11.6 Å². The summed E-state index contributed by atoms with van der Waals surface area (Å²) in [6.45, 7) is 4.48. The molecule has 0 unspecified atom stereocenters. The van der Waals surface area contributed by atoms with Crippen molar-refractivity contribution >= 4 is 34.4 Å². The van der Waals surface area contributed by atoms with Gasteiger partial charge < -0.3 is 10.6 Å². The summed E-state index contributed by atoms with van der Waals surface area (Å²) in [7, 11) is 0. The number of hydrogen-bond donors (Lipinski definition) is 2. The van der Waals surface area contributed by atoms with E-state index in [4.69, 9.17) is 11.6 Å². The van der Waals surface area contributed by atoms with Gasteiger partial charge in [-0.05, 0) is 49.7 Å². The minimum Gasteiger partial charge on any atom is -0.354 e. The summed E-state index contributed by atoms with van der Waals surface area (Å²) in [5.74, 6) is -0.322. The highest BCUT2D eigenvalue weighted by Gasteiger charge is 2.09. The van der Waals surface area contributed by atoms with Gasteiger partial charge in [-0.25, -0.2) is 9.97 Å². The zero-order valence-electron chi connectivity index (χ0n) is 15.8. The van der Waals surface area contributed by atoms with E-state index in [2.05, 4.69) is 20.6 Å². The molecule has 0 radical (unpaired) electrons. The largest absolute Gasteiger partial charge is 0.354 e. The average molecular weight is 397 g/mol. The molecule has 0 saturated heterocycles. The Balaban J connectivity index is 1.48. The first kappa shape index (κ1) is 19.8. The first-order valence-corrected chi connectivity index (χ1v) is 9.34. The molecule has 0 fully saturated rings. The first-order chi connectivity index (χ1) is 13.4. The van der Waals surface area contributed by atoms with Gasteiger partial charge in [0.15, 0.2) is 0 Å². The van der Waals surface area contributed by atoms with Crippen molar-refractivity contribution in [2.75, 3.05) is 13.1 Å². The van der Waals surface area contributed by atoms with Crippen LogP contribution in [0.2, 0.25) is 5.02 Å². The van der Waals surface area contributed by atoms with Gasteiger partial charge in [-0.1, -0.05) is 23.7 Å². The molecule has 0 bridgehead atoms. The SMILES string of the molecule is Cc1nc2ccc(C(=O)NCCNC(=O)Cc3ccc(Cl)cc3)cc2nc1C. The van der Waals surface area contributed by atoms with Crippen molar-refractivity contribution in [1.82, 2.24) is 20.6 Å². The molecule has 0 aliphatic heterocycles. The standard InChI is InChI=1S/C21H21ClN4O2/c1-13-14(2)26-19-12-16(5-8-18(19)25-13)21(28)24-10-9-23-20(27)11-15-3-6-17(22)7-4-15/h3-8,12H,9-11H2,1-2H3,(H,23,27)(H,24,28). The van der Waals surface area contributed by atoms with Crippen LogP contribution in [-0.4, -0.2) is 34.9 Å². The highest BCUT2D eigenvalue weighted by molar-refractivity contribution is 6.30. The zero-order chi connectivity index (χ0) is 20.1. The fraction of sp³-hybridized carbons (Fsp3) is 0.238. The van der Waals surface area contributed by atoms with Gasteiger partial charge in [0.1, 0.15) is 0 Å². The highest BCUT2D eigenvalue weighted by atomic mass is 35.5. The van der Waals surface area contributed by atoms with Crippen molar-refractivity contribution < 1.29 is 9.59 Å². The second-order valence-corrected chi connectivity index (χ2v) is 6.94. The first-order valence-electron chi connectivity index (χ1n) is 8.97. The van der Waals surface area contributed by atoms with E-state index in [9.17, 15) is 9.59 Å². The summed E-state index contributed by atoms with van der Waals surface area (Å²) in [5.41, 5.74) is 4.56. The maximum absolute atomic E-state index is 12.3. The molecule has 0 aliphatic rings. The number of rotatable bonds is 6. The molecule has 0 aliphatic carbocycles. The van der Waals surface area contributed by atoms with Crippen LogP contribution in [0.25, 0.3) is 11.0 Å². The monoisotopic (exact) mass is 396 g/mol. The number of fused-ring (bicyclic) bond motifs is 1. The van der Waals surface area contributed by atoms with E-state index < -0.39 is 0 Å². The van der Waals surface area contributed by atoms with E-state index in [0.29, 0.717) is 29.2 Å². The molecule has 2 aromatic carbocycles. The Morgan fingerprint density at radius 3 is 2.25 bits per heavy atom. The Morgan fingerprint density at radius 2 is 1.54 bits per heavy atom. The van der Waals surface area contributed by atoms with Crippen molar-refractivity contribution in [3.63, 3.8) is 0 Å². The number of nitrogens with zero attached hydrogens (tertiary/aromatic N) is 2. The molecule has 2 N–H and O–H groups in total. The molecule has 3 rings (SSSR count). The predicted octanol–water partition coefficient (Wildman–Crippen LogP) is 2.99. The lowest BCUT2D eigenvalue weighted by Gasteiger charge is -2.08. The van der Waals surface area contributed by atoms with Gasteiger partial charge in [0.05, 0.1) is 28.8 Å². The lowest BCUT2D eigenvalue weighted by Crippen LogP contribution is -2.35. The van der Waals surface area contributed by atoms with E-state index in [-0.39, 0.29) is 18.2 Å². The van der Waals surface area contributed by atoms with Crippen LogP contribution in [-0.2, 0) is 11.2 Å². The minimum atomic E-state index is -0.214. The maximum Gasteiger partial charge on any atom is 0.251 e. The van der Waals surface area contributed by atoms with Crippen molar-refractivity contribution in [2.24, 2.45) is 0 Å². The third-order valence-corrected chi connectivity index (χ3v) is 4.60. The molecular formula is C21H21ClN4O2. The third-order valence-electron chi connectivity index (χ3n) is 4.35. The number of nitrogens with one attached hydrogen (secondary N) is 2. The van der Waals surface area contributed by atoms with Crippen LogP contribution in [0.4, 0.5) is 0 Å². The molecule has 6 nitrogen and oxygen atoms in total. The van der Waals surface area contributed by atoms with Gasteiger partial charge in [0.25, 0.3) is 5.91 Å². The fourth-order valence-corrected chi connectivity index (χ4v) is 2.83. The summed E-state index contributed by atoms with van der Waals surface area (Å²) >= 11 is 5.83. The number of carbonyl (C=O) groups excluding carboxylic acids is 2. The molecule has 0 saturated carbocycles. The van der Waals surface area contributed by atoms with Gasteiger partial charge in [-0.3, -0.25) is 9.59 Å². The number of hydrogen-bond acceptors (Lipinski definition) is 4. The number of aromatic nitrogens is 2. The summed E-state index contributed by atoms with van der Waals surface area (Å²) in [6.07, 6.45) is 0.271. The van der Waals surface area contributed by atoms with E-state index in [1.807, 2.05) is 26.0 Å². The van der Waals surface area contributed by atoms with E-state index in [1.54, 1.807) is 30.3 Å². The average Bonchev–Trinajstić information content (AvgIpc) is 2.67. The van der Waals surface area contributed by atoms with Crippen LogP contribution in [0, 0.1) is 13.8 Å². The normalized spacial score (nSPS) is 10.7. The third kappa shape index (κ3) is 5.04. The van der Waals surface area contributed by atoms with E-state index in [1.165, 1.54) is 0 Å². The summed E-state index contributed by atoms with van der Waals surface area (Å²) in [4.78, 5) is 33.2. The smallest absolute Gasteiger partial charge is 0.251 e. The lowest BCUT2D eigenvalue weighted by atomic mass is 10.1. The fourth-order valence-electron chi connectivity index (χ4n) is 2.70. The molecule has 144 valence electrons. The molecular weight excluding hydrogens is 376 g/mol. The van der Waals surface area contributed by atoms with Gasteiger partial charge >= 0.3 is 0 Å². The molecule has 1 heterocycles. The molecule has 0 spiro atoms. The quantitative estimate of drug-likeness (QED) is 0.627. The second-order valence-electron chi connectivity index (χ2n) is 6.51. The maximum atomic E-state index is 12.3. The predicted molar refractivity (Wildman–Crippen MR) is 110 cm³/mol. The molecule has 0 atom stereocenters. The van der Waals surface area contributed by atoms with Gasteiger partial charge in [0, 0.05) is 23.7 Å². The number of carbonyl (C=O) groups is 2. The van der Waals surface area contributed by atoms with Gasteiger partial charge in [-0.15, -0.1) is 0 Å². The van der Waals surface area contributed by atoms with Crippen molar-refractivity contribution in [1.29, 1.82) is 0 Å². The van der Waals surface area contributed by atoms with Crippen molar-refractivity contribution in [3.8, 4) is 0 Å². The van der Waals surface area contributed by atoms with Crippen molar-refractivity contribution in [3.05, 3.63) is 70.0 Å². The summed E-state index contributed by atoms with van der Waals surface area (Å²) < 4.78 is 0. The molecule has 28 heavy (non-hydrogen) atoms. The number of halogens is 1. The second kappa shape index (κ2) is 8.80. The number of aryl methyl sites for hydroxylation is 2. The van der Waals surface area contributed by atoms with Gasteiger partial charge in [-0.2, -0.15) is 0 Å². The van der Waals surface area contributed by atoms with Crippen LogP contribution in [0.3, 0.4) is 0 Å². The number of amides is 2. The Bertz CT molecular complexity index is 1020. The Morgan fingerprint density at radius 1 is 0.893 bits per heavy atom. The van der Waals surface area contributed by atoms with E-state index >= 15 is 0 Å². The Labute approximate surface area is 168 Å². The molecule has 7 heteroatoms. The molecule has 3 aromatic rings. The summed E-state index contributed by atoms with van der Waals surface area (Å²) in [5, 5.41) is 6.22. The topological polar surface area (TPSA) is 84.0 Å². The van der Waals surface area contributed by atoms with Crippen LogP contribution in [0.1, 0.15) is 27.3 Å². The summed E-state index contributed by atoms with van der Waals surface area (Å²) in [6, 6.07) is 12.4. The minimum absolute atomic E-state index is 0.108. The van der Waals surface area contributed by atoms with E-state index in [0.717, 1.165) is 22.5 Å². The molecule has 1 aromatic heterocycles. The van der Waals surface area contributed by atoms with Crippen LogP contribution in [0.15, 0.2) is 42.5 Å². The van der Waals surface area contributed by atoms with Crippen LogP contribution < -0.4 is 10.6 Å². The Hall–Kier alpha value is -2.99.